The fourth-order valence-corrected chi connectivity index (χ4v) is 4.23. The van der Waals surface area contributed by atoms with Gasteiger partial charge in [-0.15, -0.1) is 0 Å². The number of likely N-dealkylation sites (tertiary alicyclic amines) is 1. The average Bonchev–Trinajstić information content (AvgIpc) is 3.43. The summed E-state index contributed by atoms with van der Waals surface area (Å²) in [6.07, 6.45) is 3.70. The second-order valence-corrected chi connectivity index (χ2v) is 7.77. The normalized spacial score (nSPS) is 18.9. The number of hydrogen-bond donors (Lipinski definition) is 1. The summed E-state index contributed by atoms with van der Waals surface area (Å²) in [5, 5.41) is 3.05. The molecule has 3 rings (SSSR count). The van der Waals surface area contributed by atoms with Crippen molar-refractivity contribution in [3.8, 4) is 0 Å². The van der Waals surface area contributed by atoms with Gasteiger partial charge in [0, 0.05) is 26.2 Å². The van der Waals surface area contributed by atoms with Crippen molar-refractivity contribution in [1.82, 2.24) is 14.2 Å². The van der Waals surface area contributed by atoms with Crippen molar-refractivity contribution in [1.29, 1.82) is 0 Å². The molecule has 9 nitrogen and oxygen atoms in total. The molecule has 1 atom stereocenters. The van der Waals surface area contributed by atoms with Gasteiger partial charge in [-0.3, -0.25) is 10.1 Å². The summed E-state index contributed by atoms with van der Waals surface area (Å²) in [7, 11) is 1.28. The van der Waals surface area contributed by atoms with E-state index in [2.05, 4.69) is 9.69 Å². The second kappa shape index (κ2) is 9.33. The Balaban J connectivity index is 1.72. The molecule has 3 heterocycles. The number of carbonyl (C=O) groups excluding carboxylic acids is 3. The second-order valence-electron chi connectivity index (χ2n) is 7.00. The van der Waals surface area contributed by atoms with Crippen LogP contribution in [0, 0.1) is 6.92 Å². The van der Waals surface area contributed by atoms with Crippen molar-refractivity contribution >= 4 is 34.4 Å². The van der Waals surface area contributed by atoms with E-state index in [9.17, 15) is 14.4 Å². The van der Waals surface area contributed by atoms with E-state index >= 15 is 0 Å². The standard InChI is InChI=1S/C18H26N4O5S/c1-12-15(17(24)26-2)16(28-20-12)19-18(25)22(10-13-6-5-9-27-13)11-14(23)21-7-3-4-8-21/h13H,3-11H2,1-2H3,(H,19,25)/t13-/m1/s1. The molecule has 10 heteroatoms. The first kappa shape index (κ1) is 20.5. The van der Waals surface area contributed by atoms with Crippen LogP contribution in [-0.2, 0) is 14.3 Å². The summed E-state index contributed by atoms with van der Waals surface area (Å²) in [5.41, 5.74) is 0.731. The fourth-order valence-electron chi connectivity index (χ4n) is 3.46. The lowest BCUT2D eigenvalue weighted by Gasteiger charge is -2.27. The van der Waals surface area contributed by atoms with Gasteiger partial charge in [-0.1, -0.05) is 0 Å². The maximum Gasteiger partial charge on any atom is 0.342 e. The van der Waals surface area contributed by atoms with Crippen molar-refractivity contribution in [3.63, 3.8) is 0 Å². The van der Waals surface area contributed by atoms with E-state index in [4.69, 9.17) is 9.47 Å². The van der Waals surface area contributed by atoms with Gasteiger partial charge in [0.15, 0.2) is 0 Å². The lowest BCUT2D eigenvalue weighted by atomic mass is 10.2. The van der Waals surface area contributed by atoms with Crippen LogP contribution >= 0.6 is 11.5 Å². The summed E-state index contributed by atoms with van der Waals surface area (Å²) >= 11 is 1.02. The Hall–Kier alpha value is -2.20. The quantitative estimate of drug-likeness (QED) is 0.719. The molecule has 1 N–H and O–H groups in total. The van der Waals surface area contributed by atoms with Gasteiger partial charge >= 0.3 is 12.0 Å². The Morgan fingerprint density at radius 3 is 2.71 bits per heavy atom. The number of aryl methyl sites for hydroxylation is 1. The Morgan fingerprint density at radius 1 is 1.32 bits per heavy atom. The summed E-state index contributed by atoms with van der Waals surface area (Å²) in [6.45, 7) is 4.12. The van der Waals surface area contributed by atoms with Gasteiger partial charge in [0.1, 0.15) is 17.1 Å². The van der Waals surface area contributed by atoms with Crippen LogP contribution in [-0.4, -0.2) is 78.1 Å². The number of rotatable bonds is 6. The summed E-state index contributed by atoms with van der Waals surface area (Å²) in [6, 6.07) is -0.447. The summed E-state index contributed by atoms with van der Waals surface area (Å²) in [4.78, 5) is 40.8. The number of methoxy groups -OCH3 is 1. The van der Waals surface area contributed by atoms with Crippen LogP contribution in [0.25, 0.3) is 0 Å². The van der Waals surface area contributed by atoms with Crippen LogP contribution in [0.5, 0.6) is 0 Å². The smallest absolute Gasteiger partial charge is 0.342 e. The number of nitrogens with one attached hydrogen (secondary N) is 1. The van der Waals surface area contributed by atoms with Crippen molar-refractivity contribution in [2.45, 2.75) is 38.7 Å². The third kappa shape index (κ3) is 4.79. The third-order valence-corrected chi connectivity index (χ3v) is 5.85. The number of carbonyl (C=O) groups is 3. The molecular weight excluding hydrogens is 384 g/mol. The van der Waals surface area contributed by atoms with Gasteiger partial charge in [0.25, 0.3) is 0 Å². The van der Waals surface area contributed by atoms with E-state index in [1.807, 2.05) is 0 Å². The molecule has 0 aliphatic carbocycles. The largest absolute Gasteiger partial charge is 0.465 e. The molecule has 0 spiro atoms. The highest BCUT2D eigenvalue weighted by molar-refractivity contribution is 7.11. The van der Waals surface area contributed by atoms with Crippen LogP contribution < -0.4 is 5.32 Å². The van der Waals surface area contributed by atoms with E-state index in [0.717, 1.165) is 50.3 Å². The highest BCUT2D eigenvalue weighted by Gasteiger charge is 2.29. The van der Waals surface area contributed by atoms with Crippen molar-refractivity contribution in [2.75, 3.05) is 45.2 Å². The van der Waals surface area contributed by atoms with Crippen molar-refractivity contribution in [3.05, 3.63) is 11.3 Å². The Kier molecular flexibility index (Phi) is 6.84. The maximum absolute atomic E-state index is 12.9. The highest BCUT2D eigenvalue weighted by Crippen LogP contribution is 2.26. The van der Waals surface area contributed by atoms with Crippen LogP contribution in [0.2, 0.25) is 0 Å². The Bertz CT molecular complexity index is 726. The van der Waals surface area contributed by atoms with Gasteiger partial charge in [-0.2, -0.15) is 4.37 Å². The first-order valence-corrected chi connectivity index (χ1v) is 10.3. The molecule has 154 valence electrons. The molecule has 2 aliphatic rings. The molecule has 0 bridgehead atoms. The Morgan fingerprint density at radius 2 is 2.07 bits per heavy atom. The van der Waals surface area contributed by atoms with E-state index in [1.165, 1.54) is 12.0 Å². The van der Waals surface area contributed by atoms with Gasteiger partial charge in [-0.25, -0.2) is 9.59 Å². The summed E-state index contributed by atoms with van der Waals surface area (Å²) < 4.78 is 14.6. The number of anilines is 1. The minimum atomic E-state index is -0.555. The summed E-state index contributed by atoms with van der Waals surface area (Å²) in [5.74, 6) is -0.625. The molecule has 2 fully saturated rings. The fraction of sp³-hybridized carbons (Fsp3) is 0.667. The van der Waals surface area contributed by atoms with E-state index in [1.54, 1.807) is 11.8 Å². The van der Waals surface area contributed by atoms with E-state index < -0.39 is 12.0 Å². The number of esters is 1. The molecule has 28 heavy (non-hydrogen) atoms. The number of urea groups is 1. The van der Waals surface area contributed by atoms with Crippen LogP contribution in [0.1, 0.15) is 41.7 Å². The zero-order valence-electron chi connectivity index (χ0n) is 16.2. The van der Waals surface area contributed by atoms with E-state index in [0.29, 0.717) is 23.8 Å². The minimum Gasteiger partial charge on any atom is -0.465 e. The van der Waals surface area contributed by atoms with Crippen LogP contribution in [0.15, 0.2) is 0 Å². The number of hydrogen-bond acceptors (Lipinski definition) is 7. The molecule has 2 aliphatic heterocycles. The Labute approximate surface area is 168 Å². The zero-order chi connectivity index (χ0) is 20.1. The monoisotopic (exact) mass is 410 g/mol. The molecule has 1 aromatic rings. The minimum absolute atomic E-state index is 0.0168. The van der Waals surface area contributed by atoms with Crippen LogP contribution in [0.3, 0.4) is 0 Å². The van der Waals surface area contributed by atoms with Crippen molar-refractivity contribution < 1.29 is 23.9 Å². The number of aromatic nitrogens is 1. The maximum atomic E-state index is 12.9. The number of nitrogens with zero attached hydrogens (tertiary/aromatic N) is 3. The molecule has 0 radical (unpaired) electrons. The predicted molar refractivity (Wildman–Crippen MR) is 104 cm³/mol. The number of amides is 3. The lowest BCUT2D eigenvalue weighted by molar-refractivity contribution is -0.130. The molecule has 3 amide bonds. The molecule has 0 aromatic carbocycles. The van der Waals surface area contributed by atoms with E-state index in [-0.39, 0.29) is 24.1 Å². The van der Waals surface area contributed by atoms with Gasteiger partial charge < -0.3 is 19.3 Å². The topological polar surface area (TPSA) is 101 Å². The van der Waals surface area contributed by atoms with Crippen molar-refractivity contribution in [2.24, 2.45) is 0 Å². The van der Waals surface area contributed by atoms with Gasteiger partial charge in [0.2, 0.25) is 5.91 Å². The zero-order valence-corrected chi connectivity index (χ0v) is 17.0. The average molecular weight is 410 g/mol. The van der Waals surface area contributed by atoms with Crippen LogP contribution in [0.4, 0.5) is 9.80 Å². The number of ether oxygens (including phenoxy) is 2. The first-order valence-electron chi connectivity index (χ1n) is 9.49. The molecule has 2 saturated heterocycles. The van der Waals surface area contributed by atoms with Gasteiger partial charge in [0.05, 0.1) is 18.9 Å². The molecular formula is C18H26N4O5S. The molecule has 0 unspecified atom stereocenters. The molecule has 1 aromatic heterocycles. The highest BCUT2D eigenvalue weighted by atomic mass is 32.1. The predicted octanol–water partition coefficient (Wildman–Crippen LogP) is 1.87. The first-order chi connectivity index (χ1) is 13.5. The SMILES string of the molecule is COC(=O)c1c(C)nsc1NC(=O)N(CC(=O)N1CCCC1)C[C@H]1CCCO1. The molecule has 0 saturated carbocycles. The lowest BCUT2D eigenvalue weighted by Crippen LogP contribution is -2.46. The third-order valence-electron chi connectivity index (χ3n) is 4.99. The van der Waals surface area contributed by atoms with Gasteiger partial charge in [-0.05, 0) is 44.1 Å².